The van der Waals surface area contributed by atoms with E-state index in [1.807, 2.05) is 4.72 Å². The molecule has 1 aromatic heterocycles. The minimum absolute atomic E-state index is 0.245. The van der Waals surface area contributed by atoms with Gasteiger partial charge in [0.25, 0.3) is 15.7 Å². The van der Waals surface area contributed by atoms with E-state index in [4.69, 9.17) is 0 Å². The summed E-state index contributed by atoms with van der Waals surface area (Å²) in [7, 11) is -4.36. The van der Waals surface area contributed by atoms with Crippen molar-refractivity contribution in [3.05, 3.63) is 58.0 Å². The van der Waals surface area contributed by atoms with E-state index in [2.05, 4.69) is 4.98 Å². The van der Waals surface area contributed by atoms with Crippen molar-refractivity contribution in [1.82, 2.24) is 4.98 Å². The Kier molecular flexibility index (Phi) is 3.85. The zero-order valence-electron chi connectivity index (χ0n) is 10.8. The van der Waals surface area contributed by atoms with Crippen LogP contribution in [-0.2, 0) is 10.0 Å². The Morgan fingerprint density at radius 3 is 2.67 bits per heavy atom. The number of nitro benzene ring substituents is 1. The molecule has 1 N–H and O–H groups in total. The molecule has 0 bridgehead atoms. The second kappa shape index (κ2) is 5.44. The third kappa shape index (κ3) is 3.14. The Bertz CT molecular complexity index is 808. The van der Waals surface area contributed by atoms with Crippen LogP contribution < -0.4 is 4.72 Å². The Hall–Kier alpha value is -2.55. The number of hydrogen-bond acceptors (Lipinski definition) is 5. The molecule has 2 rings (SSSR count). The molecule has 21 heavy (non-hydrogen) atoms. The van der Waals surface area contributed by atoms with Crippen LogP contribution >= 0.6 is 0 Å². The van der Waals surface area contributed by atoms with Crippen LogP contribution in [0, 0.1) is 22.9 Å². The Morgan fingerprint density at radius 2 is 2.05 bits per heavy atom. The highest BCUT2D eigenvalue weighted by molar-refractivity contribution is 7.92. The Labute approximate surface area is 119 Å². The summed E-state index contributed by atoms with van der Waals surface area (Å²) in [5, 5.41) is 10.1. The zero-order chi connectivity index (χ0) is 15.6. The van der Waals surface area contributed by atoms with Crippen LogP contribution in [-0.4, -0.2) is 18.3 Å². The lowest BCUT2D eigenvalue weighted by Gasteiger charge is -2.09. The summed E-state index contributed by atoms with van der Waals surface area (Å²) in [6, 6.07) is 6.10. The predicted molar refractivity (Wildman–Crippen MR) is 72.8 cm³/mol. The minimum atomic E-state index is -4.36. The molecule has 0 saturated heterocycles. The van der Waals surface area contributed by atoms with Gasteiger partial charge in [-0.3, -0.25) is 14.8 Å². The second-order valence-electron chi connectivity index (χ2n) is 4.17. The third-order valence-corrected chi connectivity index (χ3v) is 3.87. The first-order chi connectivity index (χ1) is 9.81. The number of nitrogens with zero attached hydrogens (tertiary/aromatic N) is 2. The molecule has 1 aromatic carbocycles. The van der Waals surface area contributed by atoms with E-state index in [9.17, 15) is 22.9 Å². The third-order valence-electron chi connectivity index (χ3n) is 2.57. The number of aromatic nitrogens is 1. The van der Waals surface area contributed by atoms with Crippen LogP contribution in [0.1, 0.15) is 5.56 Å². The lowest BCUT2D eigenvalue weighted by Crippen LogP contribution is -2.17. The molecule has 7 nitrogen and oxygen atoms in total. The van der Waals surface area contributed by atoms with Crippen LogP contribution in [0.25, 0.3) is 0 Å². The van der Waals surface area contributed by atoms with Crippen LogP contribution in [0.4, 0.5) is 15.8 Å². The number of halogens is 1. The van der Waals surface area contributed by atoms with Gasteiger partial charge >= 0.3 is 0 Å². The molecule has 9 heteroatoms. The number of anilines is 1. The highest BCUT2D eigenvalue weighted by atomic mass is 32.2. The molecule has 2 aromatic rings. The number of nitrogens with one attached hydrogen (secondary N) is 1. The topological polar surface area (TPSA) is 102 Å². The lowest BCUT2D eigenvalue weighted by atomic mass is 10.2. The highest BCUT2D eigenvalue weighted by Crippen LogP contribution is 2.27. The molecule has 0 radical (unpaired) electrons. The second-order valence-corrected chi connectivity index (χ2v) is 5.77. The van der Waals surface area contributed by atoms with Crippen molar-refractivity contribution < 1.29 is 17.7 Å². The summed E-state index contributed by atoms with van der Waals surface area (Å²) in [4.78, 5) is 13.6. The van der Waals surface area contributed by atoms with Crippen molar-refractivity contribution >= 4 is 21.4 Å². The molecule has 0 fully saturated rings. The van der Waals surface area contributed by atoms with Crippen molar-refractivity contribution in [2.24, 2.45) is 0 Å². The average molecular weight is 311 g/mol. The molecule has 0 aliphatic carbocycles. The Morgan fingerprint density at radius 1 is 1.33 bits per heavy atom. The first-order valence-corrected chi connectivity index (χ1v) is 7.18. The highest BCUT2D eigenvalue weighted by Gasteiger charge is 2.24. The summed E-state index contributed by atoms with van der Waals surface area (Å²) < 4.78 is 39.6. The molecule has 0 aliphatic rings. The number of aryl methyl sites for hydroxylation is 1. The fraction of sp³-hybridized carbons (Fsp3) is 0.0833. The SMILES string of the molecule is Cc1ccc([N+](=O)[O-])c(NS(=O)(=O)c2ncccc2F)c1. The average Bonchev–Trinajstić information content (AvgIpc) is 2.38. The van der Waals surface area contributed by atoms with Gasteiger partial charge in [-0.25, -0.2) is 9.37 Å². The van der Waals surface area contributed by atoms with Gasteiger partial charge in [0.2, 0.25) is 5.03 Å². The van der Waals surface area contributed by atoms with E-state index in [-0.39, 0.29) is 5.69 Å². The molecule has 0 spiro atoms. The van der Waals surface area contributed by atoms with Crippen LogP contribution in [0.2, 0.25) is 0 Å². The summed E-state index contributed by atoms with van der Waals surface area (Å²) in [5.74, 6) is -1.04. The van der Waals surface area contributed by atoms with E-state index in [0.717, 1.165) is 12.3 Å². The maximum atomic E-state index is 13.5. The van der Waals surface area contributed by atoms with Gasteiger partial charge in [0.15, 0.2) is 5.82 Å². The summed E-state index contributed by atoms with van der Waals surface area (Å²) in [6.45, 7) is 1.64. The molecular formula is C12H10FN3O4S. The molecule has 0 saturated carbocycles. The number of hydrogen-bond donors (Lipinski definition) is 1. The van der Waals surface area contributed by atoms with Crippen LogP contribution in [0.3, 0.4) is 0 Å². The number of benzene rings is 1. The molecular weight excluding hydrogens is 301 g/mol. The van der Waals surface area contributed by atoms with Gasteiger partial charge in [-0.2, -0.15) is 8.42 Å². The van der Waals surface area contributed by atoms with Gasteiger partial charge in [0.1, 0.15) is 5.69 Å². The summed E-state index contributed by atoms with van der Waals surface area (Å²) >= 11 is 0. The molecule has 0 aliphatic heterocycles. The van der Waals surface area contributed by atoms with Crippen molar-refractivity contribution in [2.45, 2.75) is 11.9 Å². The van der Waals surface area contributed by atoms with E-state index in [0.29, 0.717) is 5.56 Å². The number of nitro groups is 1. The predicted octanol–water partition coefficient (Wildman–Crippen LogP) is 2.24. The van der Waals surface area contributed by atoms with E-state index < -0.39 is 31.5 Å². The zero-order valence-corrected chi connectivity index (χ0v) is 11.6. The Balaban J connectivity index is 2.49. The van der Waals surface area contributed by atoms with Gasteiger partial charge in [0.05, 0.1) is 4.92 Å². The standard InChI is InChI=1S/C12H10FN3O4S/c1-8-4-5-11(16(17)18)10(7-8)15-21(19,20)12-9(13)3-2-6-14-12/h2-7,15H,1H3. The minimum Gasteiger partial charge on any atom is -0.272 e. The quantitative estimate of drug-likeness (QED) is 0.689. The largest absolute Gasteiger partial charge is 0.293 e. The molecule has 0 unspecified atom stereocenters. The van der Waals surface area contributed by atoms with Crippen molar-refractivity contribution in [1.29, 1.82) is 0 Å². The summed E-state index contributed by atoms with van der Waals surface area (Å²) in [6.07, 6.45) is 1.11. The van der Waals surface area contributed by atoms with Crippen LogP contribution in [0.15, 0.2) is 41.6 Å². The molecule has 0 amide bonds. The first kappa shape index (κ1) is 14.9. The molecule has 1 heterocycles. The molecule has 110 valence electrons. The lowest BCUT2D eigenvalue weighted by molar-refractivity contribution is -0.383. The molecule has 0 atom stereocenters. The summed E-state index contributed by atoms with van der Waals surface area (Å²) in [5.41, 5.74) is -0.0645. The van der Waals surface area contributed by atoms with Gasteiger partial charge in [-0.15, -0.1) is 0 Å². The van der Waals surface area contributed by atoms with Gasteiger partial charge < -0.3 is 0 Å². The fourth-order valence-electron chi connectivity index (χ4n) is 1.65. The van der Waals surface area contributed by atoms with Crippen molar-refractivity contribution in [2.75, 3.05) is 4.72 Å². The van der Waals surface area contributed by atoms with E-state index >= 15 is 0 Å². The van der Waals surface area contributed by atoms with Gasteiger partial charge in [-0.05, 0) is 30.7 Å². The van der Waals surface area contributed by atoms with E-state index in [1.54, 1.807) is 6.92 Å². The van der Waals surface area contributed by atoms with Crippen molar-refractivity contribution in [3.63, 3.8) is 0 Å². The van der Waals surface area contributed by atoms with Crippen molar-refractivity contribution in [3.8, 4) is 0 Å². The fourth-order valence-corrected chi connectivity index (χ4v) is 2.73. The van der Waals surface area contributed by atoms with Gasteiger partial charge in [0, 0.05) is 12.3 Å². The monoisotopic (exact) mass is 311 g/mol. The maximum absolute atomic E-state index is 13.5. The van der Waals surface area contributed by atoms with Crippen LogP contribution in [0.5, 0.6) is 0 Å². The number of rotatable bonds is 4. The number of pyridine rings is 1. The number of sulfonamides is 1. The van der Waals surface area contributed by atoms with E-state index in [1.165, 1.54) is 24.3 Å². The normalized spacial score (nSPS) is 11.1. The smallest absolute Gasteiger partial charge is 0.272 e. The maximum Gasteiger partial charge on any atom is 0.293 e. The van der Waals surface area contributed by atoms with Gasteiger partial charge in [-0.1, -0.05) is 6.07 Å². The first-order valence-electron chi connectivity index (χ1n) is 5.69.